The van der Waals surface area contributed by atoms with Gasteiger partial charge >= 0.3 is 0 Å². The zero-order chi connectivity index (χ0) is 18.6. The first-order valence-corrected chi connectivity index (χ1v) is 9.66. The summed E-state index contributed by atoms with van der Waals surface area (Å²) in [6, 6.07) is 0. The molecule has 0 unspecified atom stereocenters. The van der Waals surface area contributed by atoms with Crippen LogP contribution >= 0.6 is 0 Å². The third-order valence-electron chi connectivity index (χ3n) is 5.47. The molecule has 0 saturated carbocycles. The molecule has 27 heavy (non-hydrogen) atoms. The van der Waals surface area contributed by atoms with Crippen molar-refractivity contribution in [1.82, 2.24) is 34.5 Å². The largest absolute Gasteiger partial charge is 0.379 e. The number of ether oxygens (including phenoxy) is 1. The van der Waals surface area contributed by atoms with E-state index in [-0.39, 0.29) is 0 Å². The van der Waals surface area contributed by atoms with Gasteiger partial charge in [0, 0.05) is 57.1 Å². The molecule has 2 aliphatic heterocycles. The molecule has 2 aliphatic rings. The number of anilines is 1. The van der Waals surface area contributed by atoms with Crippen LogP contribution in [-0.2, 0) is 24.9 Å². The van der Waals surface area contributed by atoms with E-state index in [1.54, 1.807) is 0 Å². The lowest BCUT2D eigenvalue weighted by molar-refractivity contribution is 0.0326. The molecule has 2 fully saturated rings. The molecule has 0 radical (unpaired) electrons. The maximum absolute atomic E-state index is 5.58. The van der Waals surface area contributed by atoms with Crippen molar-refractivity contribution in [3.63, 3.8) is 0 Å². The number of morpholine rings is 1. The first kappa shape index (κ1) is 18.3. The topological polar surface area (TPSA) is 98.2 Å². The highest BCUT2D eigenvalue weighted by Gasteiger charge is 2.26. The molecular formula is C18H28N8O. The number of likely N-dealkylation sites (tertiary alicyclic amines) is 1. The van der Waals surface area contributed by atoms with Crippen LogP contribution in [0.1, 0.15) is 36.0 Å². The van der Waals surface area contributed by atoms with E-state index in [9.17, 15) is 0 Å². The van der Waals surface area contributed by atoms with E-state index in [4.69, 9.17) is 10.5 Å². The van der Waals surface area contributed by atoms with Crippen LogP contribution in [0.25, 0.3) is 0 Å². The van der Waals surface area contributed by atoms with Crippen molar-refractivity contribution < 1.29 is 4.74 Å². The van der Waals surface area contributed by atoms with Gasteiger partial charge in [0.15, 0.2) is 0 Å². The first-order valence-electron chi connectivity index (χ1n) is 9.66. The van der Waals surface area contributed by atoms with Crippen molar-refractivity contribution in [2.75, 3.05) is 45.1 Å². The van der Waals surface area contributed by atoms with E-state index >= 15 is 0 Å². The molecule has 9 nitrogen and oxygen atoms in total. The van der Waals surface area contributed by atoms with Gasteiger partial charge in [-0.25, -0.2) is 9.97 Å². The second-order valence-electron chi connectivity index (χ2n) is 7.45. The van der Waals surface area contributed by atoms with Crippen LogP contribution in [0.3, 0.4) is 0 Å². The van der Waals surface area contributed by atoms with E-state index in [2.05, 4.69) is 41.6 Å². The monoisotopic (exact) mass is 372 g/mol. The lowest BCUT2D eigenvalue weighted by Crippen LogP contribution is -2.36. The summed E-state index contributed by atoms with van der Waals surface area (Å²) < 4.78 is 7.62. The van der Waals surface area contributed by atoms with Crippen molar-refractivity contribution in [3.8, 4) is 0 Å². The van der Waals surface area contributed by atoms with Crippen LogP contribution in [0, 0.1) is 0 Å². The molecule has 9 heteroatoms. The Kier molecular flexibility index (Phi) is 5.61. The molecule has 2 saturated heterocycles. The average Bonchev–Trinajstić information content (AvgIpc) is 3.05. The quantitative estimate of drug-likeness (QED) is 0.805. The standard InChI is InChI=1S/C18H28N8O/c1-24-16(13-25-5-7-27-8-6-25)22-23-17(24)15-3-2-4-26(12-15)11-14-9-20-18(19)21-10-14/h9-10,15H,2-8,11-13H2,1H3,(H2,19,20,21)/t15-/m0/s1. The smallest absolute Gasteiger partial charge is 0.219 e. The molecule has 0 bridgehead atoms. The lowest BCUT2D eigenvalue weighted by atomic mass is 9.97. The van der Waals surface area contributed by atoms with Crippen LogP contribution in [-0.4, -0.2) is 73.9 Å². The summed E-state index contributed by atoms with van der Waals surface area (Å²) in [7, 11) is 2.10. The summed E-state index contributed by atoms with van der Waals surface area (Å²) in [6.45, 7) is 7.27. The zero-order valence-electron chi connectivity index (χ0n) is 15.9. The van der Waals surface area contributed by atoms with Crippen LogP contribution < -0.4 is 5.73 Å². The summed E-state index contributed by atoms with van der Waals surface area (Å²) in [5, 5.41) is 9.03. The molecule has 0 aliphatic carbocycles. The van der Waals surface area contributed by atoms with Crippen LogP contribution in [0.2, 0.25) is 0 Å². The molecule has 146 valence electrons. The molecule has 0 amide bonds. The maximum atomic E-state index is 5.58. The Labute approximate surface area is 159 Å². The minimum absolute atomic E-state index is 0.321. The Morgan fingerprint density at radius 3 is 2.63 bits per heavy atom. The predicted octanol–water partition coefficient (Wildman–Crippen LogP) is 0.399. The number of nitrogens with zero attached hydrogens (tertiary/aromatic N) is 7. The highest BCUT2D eigenvalue weighted by molar-refractivity contribution is 5.17. The van der Waals surface area contributed by atoms with Crippen molar-refractivity contribution in [3.05, 3.63) is 29.6 Å². The Hall–Kier alpha value is -2.10. The van der Waals surface area contributed by atoms with E-state index < -0.39 is 0 Å². The Bertz CT molecular complexity index is 740. The number of rotatable bonds is 5. The molecule has 2 aromatic rings. The van der Waals surface area contributed by atoms with Gasteiger partial charge in [0.25, 0.3) is 0 Å². The van der Waals surface area contributed by atoms with Crippen molar-refractivity contribution in [1.29, 1.82) is 0 Å². The molecular weight excluding hydrogens is 344 g/mol. The van der Waals surface area contributed by atoms with E-state index in [1.807, 2.05) is 12.4 Å². The first-order chi connectivity index (χ1) is 13.2. The van der Waals surface area contributed by atoms with Crippen molar-refractivity contribution >= 4 is 5.95 Å². The van der Waals surface area contributed by atoms with Gasteiger partial charge in [0.2, 0.25) is 5.95 Å². The van der Waals surface area contributed by atoms with Gasteiger partial charge in [-0.15, -0.1) is 10.2 Å². The maximum Gasteiger partial charge on any atom is 0.219 e. The number of hydrogen-bond acceptors (Lipinski definition) is 8. The number of nitrogens with two attached hydrogens (primary N) is 1. The van der Waals surface area contributed by atoms with Crippen LogP contribution in [0.4, 0.5) is 5.95 Å². The van der Waals surface area contributed by atoms with Crippen molar-refractivity contribution in [2.45, 2.75) is 31.8 Å². The molecule has 0 spiro atoms. The Balaban J connectivity index is 1.39. The lowest BCUT2D eigenvalue weighted by Gasteiger charge is -2.32. The number of nitrogen functional groups attached to an aromatic ring is 1. The predicted molar refractivity (Wildman–Crippen MR) is 101 cm³/mol. The van der Waals surface area contributed by atoms with Gasteiger partial charge in [-0.3, -0.25) is 9.80 Å². The number of hydrogen-bond donors (Lipinski definition) is 1. The van der Waals surface area contributed by atoms with Crippen LogP contribution in [0.15, 0.2) is 12.4 Å². The van der Waals surface area contributed by atoms with Gasteiger partial charge in [-0.2, -0.15) is 0 Å². The van der Waals surface area contributed by atoms with E-state index in [1.165, 1.54) is 0 Å². The number of aromatic nitrogens is 5. The minimum Gasteiger partial charge on any atom is -0.379 e. The fraction of sp³-hybridized carbons (Fsp3) is 0.667. The fourth-order valence-corrected chi connectivity index (χ4v) is 3.94. The van der Waals surface area contributed by atoms with E-state index in [0.717, 1.165) is 82.5 Å². The summed E-state index contributed by atoms with van der Waals surface area (Å²) in [5.41, 5.74) is 6.67. The van der Waals surface area contributed by atoms with Gasteiger partial charge in [0.05, 0.1) is 19.8 Å². The van der Waals surface area contributed by atoms with Gasteiger partial charge in [-0.1, -0.05) is 0 Å². The summed E-state index contributed by atoms with van der Waals surface area (Å²) >= 11 is 0. The fourth-order valence-electron chi connectivity index (χ4n) is 3.94. The van der Waals surface area contributed by atoms with Crippen LogP contribution in [0.5, 0.6) is 0 Å². The Morgan fingerprint density at radius 1 is 1.07 bits per heavy atom. The Morgan fingerprint density at radius 2 is 1.85 bits per heavy atom. The third kappa shape index (κ3) is 4.42. The summed E-state index contributed by atoms with van der Waals surface area (Å²) in [5.74, 6) is 2.86. The molecule has 4 rings (SSSR count). The van der Waals surface area contributed by atoms with E-state index in [0.29, 0.717) is 11.9 Å². The summed E-state index contributed by atoms with van der Waals surface area (Å²) in [6.07, 6.45) is 5.94. The second kappa shape index (κ2) is 8.28. The summed E-state index contributed by atoms with van der Waals surface area (Å²) in [4.78, 5) is 13.0. The normalized spacial score (nSPS) is 22.2. The minimum atomic E-state index is 0.321. The molecule has 4 heterocycles. The van der Waals surface area contributed by atoms with Crippen molar-refractivity contribution in [2.24, 2.45) is 7.05 Å². The molecule has 0 aromatic carbocycles. The second-order valence-corrected chi connectivity index (χ2v) is 7.45. The third-order valence-corrected chi connectivity index (χ3v) is 5.47. The molecule has 1 atom stereocenters. The highest BCUT2D eigenvalue weighted by atomic mass is 16.5. The SMILES string of the molecule is Cn1c(CN2CCOCC2)nnc1[C@H]1CCCN(Cc2cnc(N)nc2)C1. The zero-order valence-corrected chi connectivity index (χ0v) is 15.9. The highest BCUT2D eigenvalue weighted by Crippen LogP contribution is 2.27. The van der Waals surface area contributed by atoms with Gasteiger partial charge in [0.1, 0.15) is 11.6 Å². The number of piperidine rings is 1. The molecule has 2 N–H and O–H groups in total. The van der Waals surface area contributed by atoms with Gasteiger partial charge in [-0.05, 0) is 19.4 Å². The average molecular weight is 372 g/mol. The van der Waals surface area contributed by atoms with Gasteiger partial charge < -0.3 is 15.0 Å². The molecule has 2 aromatic heterocycles.